The number of unbranched alkanes of at least 4 members (excludes halogenated alkanes) is 1. The summed E-state index contributed by atoms with van der Waals surface area (Å²) in [5.74, 6) is -0.106. The minimum absolute atomic E-state index is 0.0390. The van der Waals surface area contributed by atoms with Gasteiger partial charge < -0.3 is 9.30 Å². The van der Waals surface area contributed by atoms with Gasteiger partial charge in [0.1, 0.15) is 6.54 Å². The Kier molecular flexibility index (Phi) is 8.39. The van der Waals surface area contributed by atoms with E-state index in [0.29, 0.717) is 17.3 Å². The molecule has 0 spiro atoms. The summed E-state index contributed by atoms with van der Waals surface area (Å²) < 4.78 is 7.96. The maximum atomic E-state index is 12.8. The number of amides is 1. The monoisotopic (exact) mass is 452 g/mol. The van der Waals surface area contributed by atoms with Crippen LogP contribution in [0.1, 0.15) is 63.1 Å². The van der Waals surface area contributed by atoms with Gasteiger partial charge in [-0.05, 0) is 54.5 Å². The maximum Gasteiger partial charge on any atom is 0.326 e. The molecule has 0 aliphatic rings. The van der Waals surface area contributed by atoms with Crippen LogP contribution in [0.3, 0.4) is 0 Å². The molecular formula is C26H32N2O3S. The fourth-order valence-electron chi connectivity index (χ4n) is 3.57. The van der Waals surface area contributed by atoms with Crippen LogP contribution in [0.4, 0.5) is 0 Å². The Bertz CT molecular complexity index is 1140. The Morgan fingerprint density at radius 1 is 1.06 bits per heavy atom. The van der Waals surface area contributed by atoms with Crippen molar-refractivity contribution in [2.45, 2.75) is 65.8 Å². The van der Waals surface area contributed by atoms with Crippen molar-refractivity contribution in [2.24, 2.45) is 4.99 Å². The van der Waals surface area contributed by atoms with Crippen molar-refractivity contribution in [1.82, 2.24) is 4.57 Å². The molecule has 6 heteroatoms. The molecule has 0 atom stereocenters. The van der Waals surface area contributed by atoms with Gasteiger partial charge in [-0.25, -0.2) is 0 Å². The summed E-state index contributed by atoms with van der Waals surface area (Å²) in [5.41, 5.74) is 4.33. The zero-order chi connectivity index (χ0) is 23.1. The molecule has 0 bridgehead atoms. The molecule has 2 aromatic carbocycles. The fourth-order valence-corrected chi connectivity index (χ4v) is 4.68. The molecule has 5 nitrogen and oxygen atoms in total. The molecule has 0 N–H and O–H groups in total. The van der Waals surface area contributed by atoms with Crippen LogP contribution in [0.15, 0.2) is 47.5 Å². The molecular weight excluding hydrogens is 420 g/mol. The summed E-state index contributed by atoms with van der Waals surface area (Å²) in [6.07, 6.45) is 3.51. The first-order valence-corrected chi connectivity index (χ1v) is 12.2. The van der Waals surface area contributed by atoms with Crippen LogP contribution in [-0.2, 0) is 33.7 Å². The molecule has 0 saturated carbocycles. The van der Waals surface area contributed by atoms with Crippen molar-refractivity contribution >= 4 is 33.4 Å². The smallest absolute Gasteiger partial charge is 0.326 e. The highest BCUT2D eigenvalue weighted by atomic mass is 32.1. The third kappa shape index (κ3) is 6.16. The van der Waals surface area contributed by atoms with E-state index in [-0.39, 0.29) is 24.8 Å². The van der Waals surface area contributed by atoms with Crippen LogP contribution < -0.4 is 4.80 Å². The van der Waals surface area contributed by atoms with E-state index in [1.165, 1.54) is 22.5 Å². The molecule has 3 rings (SSSR count). The Morgan fingerprint density at radius 2 is 1.78 bits per heavy atom. The SMILES string of the molecule is CCCCc1ccc2c(c1)sc(=NC(=O)Cc1ccc(C(C)C)cc1)n2CC(=O)OCC. The molecule has 3 aromatic rings. The number of thiazole rings is 1. The van der Waals surface area contributed by atoms with E-state index in [4.69, 9.17) is 4.74 Å². The van der Waals surface area contributed by atoms with E-state index in [1.54, 1.807) is 11.5 Å². The van der Waals surface area contributed by atoms with Gasteiger partial charge in [0.05, 0.1) is 23.2 Å². The first-order valence-electron chi connectivity index (χ1n) is 11.4. The predicted octanol–water partition coefficient (Wildman–Crippen LogP) is 5.40. The Morgan fingerprint density at radius 3 is 2.44 bits per heavy atom. The summed E-state index contributed by atoms with van der Waals surface area (Å²) in [6, 6.07) is 14.3. The lowest BCUT2D eigenvalue weighted by Crippen LogP contribution is -2.23. The van der Waals surface area contributed by atoms with Crippen LogP contribution in [0, 0.1) is 0 Å². The lowest BCUT2D eigenvalue weighted by atomic mass is 10.0. The lowest BCUT2D eigenvalue weighted by molar-refractivity contribution is -0.143. The molecule has 0 radical (unpaired) electrons. The van der Waals surface area contributed by atoms with Gasteiger partial charge in [-0.15, -0.1) is 0 Å². The van der Waals surface area contributed by atoms with Crippen molar-refractivity contribution in [3.05, 3.63) is 64.0 Å². The summed E-state index contributed by atoms with van der Waals surface area (Å²) in [7, 11) is 0. The van der Waals surface area contributed by atoms with Crippen LogP contribution in [0.25, 0.3) is 10.2 Å². The number of hydrogen-bond acceptors (Lipinski definition) is 4. The normalized spacial score (nSPS) is 12.0. The summed E-state index contributed by atoms with van der Waals surface area (Å²) in [6.45, 7) is 8.61. The fraction of sp³-hybridized carbons (Fsp3) is 0.423. The van der Waals surface area contributed by atoms with E-state index >= 15 is 0 Å². The van der Waals surface area contributed by atoms with E-state index in [9.17, 15) is 9.59 Å². The van der Waals surface area contributed by atoms with Crippen molar-refractivity contribution in [3.63, 3.8) is 0 Å². The second kappa shape index (κ2) is 11.2. The summed E-state index contributed by atoms with van der Waals surface area (Å²) in [5, 5.41) is 0. The third-order valence-corrected chi connectivity index (χ3v) is 6.42. The van der Waals surface area contributed by atoms with Gasteiger partial charge in [0.15, 0.2) is 4.80 Å². The van der Waals surface area contributed by atoms with Crippen molar-refractivity contribution in [3.8, 4) is 0 Å². The highest BCUT2D eigenvalue weighted by Crippen LogP contribution is 2.21. The Balaban J connectivity index is 1.93. The molecule has 1 heterocycles. The van der Waals surface area contributed by atoms with Gasteiger partial charge in [-0.2, -0.15) is 4.99 Å². The maximum absolute atomic E-state index is 12.8. The number of hydrogen-bond donors (Lipinski definition) is 0. The molecule has 1 aromatic heterocycles. The first-order chi connectivity index (χ1) is 15.4. The third-order valence-electron chi connectivity index (χ3n) is 5.38. The first kappa shape index (κ1) is 23.9. The number of nitrogens with zero attached hydrogens (tertiary/aromatic N) is 2. The van der Waals surface area contributed by atoms with Crippen LogP contribution in [0.2, 0.25) is 0 Å². The minimum atomic E-state index is -0.333. The van der Waals surface area contributed by atoms with Crippen molar-refractivity contribution in [1.29, 1.82) is 0 Å². The number of carbonyl (C=O) groups is 2. The minimum Gasteiger partial charge on any atom is -0.465 e. The van der Waals surface area contributed by atoms with Crippen LogP contribution in [0.5, 0.6) is 0 Å². The van der Waals surface area contributed by atoms with Gasteiger partial charge in [-0.1, -0.05) is 68.9 Å². The quantitative estimate of drug-likeness (QED) is 0.408. The highest BCUT2D eigenvalue weighted by Gasteiger charge is 2.13. The average Bonchev–Trinajstić information content (AvgIpc) is 3.08. The van der Waals surface area contributed by atoms with Gasteiger partial charge in [0.25, 0.3) is 5.91 Å². The van der Waals surface area contributed by atoms with E-state index in [2.05, 4.69) is 50.0 Å². The summed E-state index contributed by atoms with van der Waals surface area (Å²) in [4.78, 5) is 29.9. The molecule has 0 aliphatic carbocycles. The number of benzene rings is 2. The second-order valence-corrected chi connectivity index (χ2v) is 9.27. The predicted molar refractivity (Wildman–Crippen MR) is 130 cm³/mol. The average molecular weight is 453 g/mol. The molecule has 32 heavy (non-hydrogen) atoms. The number of esters is 1. The standard InChI is InChI=1S/C26H32N2O3S/c1-5-7-8-19-11-14-22-23(15-19)32-26(28(22)17-25(30)31-6-2)27-24(29)16-20-9-12-21(13-10-20)18(3)4/h9-15,18H,5-8,16-17H2,1-4H3. The van der Waals surface area contributed by atoms with Crippen molar-refractivity contribution in [2.75, 3.05) is 6.61 Å². The number of aromatic nitrogens is 1. The topological polar surface area (TPSA) is 60.7 Å². The largest absolute Gasteiger partial charge is 0.465 e. The molecule has 1 amide bonds. The second-order valence-electron chi connectivity index (χ2n) is 8.26. The zero-order valence-corrected chi connectivity index (χ0v) is 20.2. The van der Waals surface area contributed by atoms with Crippen LogP contribution >= 0.6 is 11.3 Å². The Hall–Kier alpha value is -2.73. The van der Waals surface area contributed by atoms with Gasteiger partial charge in [0.2, 0.25) is 0 Å². The number of carbonyl (C=O) groups excluding carboxylic acids is 2. The van der Waals surface area contributed by atoms with Gasteiger partial charge >= 0.3 is 5.97 Å². The van der Waals surface area contributed by atoms with Crippen LogP contribution in [-0.4, -0.2) is 23.1 Å². The van der Waals surface area contributed by atoms with E-state index in [1.807, 2.05) is 18.2 Å². The number of aryl methyl sites for hydroxylation is 1. The summed E-state index contributed by atoms with van der Waals surface area (Å²) >= 11 is 1.44. The highest BCUT2D eigenvalue weighted by molar-refractivity contribution is 7.16. The molecule has 0 fully saturated rings. The van der Waals surface area contributed by atoms with Gasteiger partial charge in [-0.3, -0.25) is 9.59 Å². The number of rotatable bonds is 9. The zero-order valence-electron chi connectivity index (χ0n) is 19.4. The molecule has 170 valence electrons. The molecule has 0 saturated heterocycles. The van der Waals surface area contributed by atoms with E-state index in [0.717, 1.165) is 35.0 Å². The Labute approximate surface area is 193 Å². The molecule has 0 unspecified atom stereocenters. The molecule has 0 aliphatic heterocycles. The lowest BCUT2D eigenvalue weighted by Gasteiger charge is -2.06. The van der Waals surface area contributed by atoms with Crippen molar-refractivity contribution < 1.29 is 14.3 Å². The van der Waals surface area contributed by atoms with E-state index < -0.39 is 0 Å². The van der Waals surface area contributed by atoms with Gasteiger partial charge in [0, 0.05) is 0 Å². The number of ether oxygens (including phenoxy) is 1. The number of fused-ring (bicyclic) bond motifs is 1.